The molecule has 1 rings (SSSR count). The van der Waals surface area contributed by atoms with Crippen molar-refractivity contribution in [2.75, 3.05) is 19.8 Å². The summed E-state index contributed by atoms with van der Waals surface area (Å²) in [5, 5.41) is 3.49. The summed E-state index contributed by atoms with van der Waals surface area (Å²) in [6, 6.07) is 8.46. The fourth-order valence-corrected chi connectivity index (χ4v) is 1.92. The van der Waals surface area contributed by atoms with Gasteiger partial charge in [-0.3, -0.25) is 0 Å². The van der Waals surface area contributed by atoms with Crippen molar-refractivity contribution in [3.63, 3.8) is 0 Å². The van der Waals surface area contributed by atoms with E-state index in [9.17, 15) is 0 Å². The van der Waals surface area contributed by atoms with E-state index in [1.807, 2.05) is 24.3 Å². The van der Waals surface area contributed by atoms with Gasteiger partial charge in [-0.2, -0.15) is 0 Å². The third kappa shape index (κ3) is 7.39. The topological polar surface area (TPSA) is 30.5 Å². The first-order valence-electron chi connectivity index (χ1n) is 7.85. The monoisotopic (exact) mass is 279 g/mol. The van der Waals surface area contributed by atoms with Crippen LogP contribution < -0.4 is 14.8 Å². The molecule has 1 atom stereocenters. The molecule has 0 heterocycles. The highest BCUT2D eigenvalue weighted by atomic mass is 16.5. The Morgan fingerprint density at radius 3 is 2.10 bits per heavy atom. The molecule has 0 saturated heterocycles. The maximum atomic E-state index is 5.74. The highest BCUT2D eigenvalue weighted by molar-refractivity contribution is 5.31. The van der Waals surface area contributed by atoms with Gasteiger partial charge in [-0.25, -0.2) is 0 Å². The second-order valence-corrected chi connectivity index (χ2v) is 5.17. The third-order valence-electron chi connectivity index (χ3n) is 3.09. The van der Waals surface area contributed by atoms with Gasteiger partial charge in [0.2, 0.25) is 0 Å². The van der Waals surface area contributed by atoms with Crippen LogP contribution in [0.2, 0.25) is 0 Å². The molecular formula is C17H29NO2. The molecule has 0 aromatic heterocycles. The predicted octanol–water partition coefficient (Wildman–Crippen LogP) is 4.02. The highest BCUT2D eigenvalue weighted by Gasteiger charge is 2.01. The molecule has 114 valence electrons. The van der Waals surface area contributed by atoms with Gasteiger partial charge in [-0.15, -0.1) is 0 Å². The van der Waals surface area contributed by atoms with Gasteiger partial charge >= 0.3 is 0 Å². The van der Waals surface area contributed by atoms with Crippen LogP contribution in [0.5, 0.6) is 11.5 Å². The Morgan fingerprint density at radius 2 is 1.55 bits per heavy atom. The molecule has 1 N–H and O–H groups in total. The molecule has 1 unspecified atom stereocenters. The van der Waals surface area contributed by atoms with E-state index in [1.165, 1.54) is 6.42 Å². The molecule has 0 aliphatic carbocycles. The van der Waals surface area contributed by atoms with Gasteiger partial charge in [-0.1, -0.05) is 13.8 Å². The van der Waals surface area contributed by atoms with Crippen molar-refractivity contribution >= 4 is 0 Å². The Morgan fingerprint density at radius 1 is 0.950 bits per heavy atom. The van der Waals surface area contributed by atoms with Crippen LogP contribution >= 0.6 is 0 Å². The van der Waals surface area contributed by atoms with Crippen molar-refractivity contribution in [2.24, 2.45) is 0 Å². The van der Waals surface area contributed by atoms with Gasteiger partial charge in [0.15, 0.2) is 0 Å². The molecule has 0 amide bonds. The Balaban J connectivity index is 2.15. The van der Waals surface area contributed by atoms with Gasteiger partial charge in [0.05, 0.1) is 13.2 Å². The number of hydrogen-bond donors (Lipinski definition) is 1. The van der Waals surface area contributed by atoms with E-state index < -0.39 is 0 Å². The average Bonchev–Trinajstić information content (AvgIpc) is 2.48. The maximum Gasteiger partial charge on any atom is 0.119 e. The van der Waals surface area contributed by atoms with Crippen LogP contribution in [0.15, 0.2) is 24.3 Å². The molecule has 20 heavy (non-hydrogen) atoms. The van der Waals surface area contributed by atoms with Gasteiger partial charge < -0.3 is 14.8 Å². The molecule has 0 fully saturated rings. The fraction of sp³-hybridized carbons (Fsp3) is 0.647. The minimum absolute atomic E-state index is 0.573. The molecule has 0 bridgehead atoms. The first kappa shape index (κ1) is 16.8. The second kappa shape index (κ2) is 10.6. The summed E-state index contributed by atoms with van der Waals surface area (Å²) in [6.07, 6.45) is 4.44. The molecule has 3 nitrogen and oxygen atoms in total. The van der Waals surface area contributed by atoms with Crippen LogP contribution in [-0.4, -0.2) is 25.8 Å². The number of rotatable bonds is 11. The number of benzene rings is 1. The Bertz CT molecular complexity index is 337. The summed E-state index contributed by atoms with van der Waals surface area (Å²) in [5.74, 6) is 1.83. The van der Waals surface area contributed by atoms with E-state index in [0.29, 0.717) is 6.04 Å². The molecule has 3 heteroatoms. The van der Waals surface area contributed by atoms with Crippen LogP contribution in [-0.2, 0) is 0 Å². The molecule has 0 aliphatic heterocycles. The van der Waals surface area contributed by atoms with Gasteiger partial charge in [0.1, 0.15) is 11.5 Å². The quantitative estimate of drug-likeness (QED) is 0.621. The van der Waals surface area contributed by atoms with E-state index in [2.05, 4.69) is 26.1 Å². The molecule has 1 aromatic rings. The van der Waals surface area contributed by atoms with Crippen LogP contribution in [0.4, 0.5) is 0 Å². The molecule has 0 spiro atoms. The van der Waals surface area contributed by atoms with Crippen molar-refractivity contribution < 1.29 is 9.47 Å². The van der Waals surface area contributed by atoms with E-state index in [0.717, 1.165) is 50.5 Å². The highest BCUT2D eigenvalue weighted by Crippen LogP contribution is 2.18. The first-order chi connectivity index (χ1) is 9.76. The average molecular weight is 279 g/mol. The summed E-state index contributed by atoms with van der Waals surface area (Å²) in [6.45, 7) is 9.16. The van der Waals surface area contributed by atoms with Crippen molar-refractivity contribution in [3.8, 4) is 11.5 Å². The Labute approximate surface area is 123 Å². The van der Waals surface area contributed by atoms with Crippen LogP contribution in [0, 0.1) is 0 Å². The zero-order valence-electron chi connectivity index (χ0n) is 13.2. The number of ether oxygens (including phenoxy) is 2. The Kier molecular flexibility index (Phi) is 8.88. The SMILES string of the molecule is CCCNC(C)CCCOc1ccc(OCCC)cc1. The predicted molar refractivity (Wildman–Crippen MR) is 84.7 cm³/mol. The lowest BCUT2D eigenvalue weighted by Gasteiger charge is -2.13. The molecule has 1 aromatic carbocycles. The van der Waals surface area contributed by atoms with E-state index in [4.69, 9.17) is 9.47 Å². The van der Waals surface area contributed by atoms with Crippen LogP contribution in [0.3, 0.4) is 0 Å². The van der Waals surface area contributed by atoms with Crippen LogP contribution in [0.1, 0.15) is 46.5 Å². The third-order valence-corrected chi connectivity index (χ3v) is 3.09. The summed E-state index contributed by atoms with van der Waals surface area (Å²) >= 11 is 0. The maximum absolute atomic E-state index is 5.74. The molecular weight excluding hydrogens is 250 g/mol. The fourth-order valence-electron chi connectivity index (χ4n) is 1.92. The zero-order valence-corrected chi connectivity index (χ0v) is 13.2. The summed E-state index contributed by atoms with van der Waals surface area (Å²) in [4.78, 5) is 0. The lowest BCUT2D eigenvalue weighted by atomic mass is 10.2. The number of nitrogens with one attached hydrogen (secondary N) is 1. The van der Waals surface area contributed by atoms with E-state index in [-0.39, 0.29) is 0 Å². The van der Waals surface area contributed by atoms with Crippen molar-refractivity contribution in [3.05, 3.63) is 24.3 Å². The second-order valence-electron chi connectivity index (χ2n) is 5.17. The normalized spacial score (nSPS) is 12.2. The van der Waals surface area contributed by atoms with Gasteiger partial charge in [0.25, 0.3) is 0 Å². The summed E-state index contributed by atoms with van der Waals surface area (Å²) < 4.78 is 11.3. The summed E-state index contributed by atoms with van der Waals surface area (Å²) in [7, 11) is 0. The Hall–Kier alpha value is -1.22. The molecule has 0 aliphatic rings. The van der Waals surface area contributed by atoms with E-state index >= 15 is 0 Å². The lowest BCUT2D eigenvalue weighted by molar-refractivity contribution is 0.295. The molecule has 0 radical (unpaired) electrons. The smallest absolute Gasteiger partial charge is 0.119 e. The minimum atomic E-state index is 0.573. The zero-order chi connectivity index (χ0) is 14.6. The van der Waals surface area contributed by atoms with Gasteiger partial charge in [0, 0.05) is 6.04 Å². The standard InChI is InChI=1S/C17H29NO2/c1-4-12-18-15(3)7-6-14-20-17-10-8-16(9-11-17)19-13-5-2/h8-11,15,18H,4-7,12-14H2,1-3H3. The summed E-state index contributed by atoms with van der Waals surface area (Å²) in [5.41, 5.74) is 0. The molecule has 0 saturated carbocycles. The van der Waals surface area contributed by atoms with Crippen molar-refractivity contribution in [1.29, 1.82) is 0 Å². The number of hydrogen-bond acceptors (Lipinski definition) is 3. The van der Waals surface area contributed by atoms with Crippen molar-refractivity contribution in [2.45, 2.75) is 52.5 Å². The minimum Gasteiger partial charge on any atom is -0.494 e. The largest absolute Gasteiger partial charge is 0.494 e. The van der Waals surface area contributed by atoms with Crippen LogP contribution in [0.25, 0.3) is 0 Å². The van der Waals surface area contributed by atoms with E-state index in [1.54, 1.807) is 0 Å². The lowest BCUT2D eigenvalue weighted by Crippen LogP contribution is -2.26. The van der Waals surface area contributed by atoms with Gasteiger partial charge in [-0.05, 0) is 63.4 Å². The first-order valence-corrected chi connectivity index (χ1v) is 7.85. The van der Waals surface area contributed by atoms with Crippen molar-refractivity contribution in [1.82, 2.24) is 5.32 Å².